The van der Waals surface area contributed by atoms with E-state index in [4.69, 9.17) is 4.74 Å². The average molecular weight is 435 g/mol. The molecule has 0 spiro atoms. The second-order valence-electron chi connectivity index (χ2n) is 8.09. The quantitative estimate of drug-likeness (QED) is 0.366. The zero-order valence-corrected chi connectivity index (χ0v) is 17.9. The van der Waals surface area contributed by atoms with Gasteiger partial charge in [0.15, 0.2) is 0 Å². The molecule has 1 aliphatic carbocycles. The van der Waals surface area contributed by atoms with Gasteiger partial charge in [-0.25, -0.2) is 15.0 Å². The van der Waals surface area contributed by atoms with Gasteiger partial charge in [-0.05, 0) is 36.8 Å². The van der Waals surface area contributed by atoms with Gasteiger partial charge in [0.1, 0.15) is 35.5 Å². The Morgan fingerprint density at radius 2 is 1.91 bits per heavy atom. The maximum Gasteiger partial charge on any atom is 0.145 e. The van der Waals surface area contributed by atoms with E-state index >= 15 is 0 Å². The summed E-state index contributed by atoms with van der Waals surface area (Å²) in [6.07, 6.45) is 2.15. The van der Waals surface area contributed by atoms with E-state index in [-0.39, 0.29) is 12.0 Å². The SMILES string of the molecule is CNc1ccc2ccc(OC[C@H]3CC(n4ccc5c(NC)ncnc54)[C@H](O)[C@@H]3O)cc2n1. The lowest BCUT2D eigenvalue weighted by Crippen LogP contribution is -2.31. The van der Waals surface area contributed by atoms with Crippen LogP contribution in [-0.4, -0.2) is 62.6 Å². The first kappa shape index (κ1) is 20.5. The van der Waals surface area contributed by atoms with E-state index in [0.29, 0.717) is 18.8 Å². The van der Waals surface area contributed by atoms with Crippen molar-refractivity contribution in [3.05, 3.63) is 48.9 Å². The number of anilines is 2. The summed E-state index contributed by atoms with van der Waals surface area (Å²) in [7, 11) is 3.64. The van der Waals surface area contributed by atoms with Gasteiger partial charge in [-0.2, -0.15) is 0 Å². The Morgan fingerprint density at radius 1 is 1.06 bits per heavy atom. The van der Waals surface area contributed by atoms with Crippen LogP contribution in [-0.2, 0) is 0 Å². The first-order valence-corrected chi connectivity index (χ1v) is 10.7. The summed E-state index contributed by atoms with van der Waals surface area (Å²) in [6.45, 7) is 0.294. The van der Waals surface area contributed by atoms with Crippen molar-refractivity contribution in [1.82, 2.24) is 19.5 Å². The van der Waals surface area contributed by atoms with Crippen molar-refractivity contribution in [3.63, 3.8) is 0 Å². The van der Waals surface area contributed by atoms with Gasteiger partial charge >= 0.3 is 0 Å². The van der Waals surface area contributed by atoms with Gasteiger partial charge in [-0.15, -0.1) is 0 Å². The highest BCUT2D eigenvalue weighted by Crippen LogP contribution is 2.38. The predicted molar refractivity (Wildman–Crippen MR) is 123 cm³/mol. The molecule has 9 heteroatoms. The van der Waals surface area contributed by atoms with Crippen molar-refractivity contribution in [2.24, 2.45) is 5.92 Å². The normalized spacial score (nSPS) is 23.0. The largest absolute Gasteiger partial charge is 0.493 e. The number of fused-ring (bicyclic) bond motifs is 2. The fourth-order valence-corrected chi connectivity index (χ4v) is 4.51. The molecule has 1 unspecified atom stereocenters. The second kappa shape index (κ2) is 8.25. The number of rotatable bonds is 6. The van der Waals surface area contributed by atoms with E-state index in [9.17, 15) is 10.2 Å². The Hall–Kier alpha value is -3.43. The van der Waals surface area contributed by atoms with Crippen LogP contribution in [0.2, 0.25) is 0 Å². The van der Waals surface area contributed by atoms with Gasteiger partial charge in [0.2, 0.25) is 0 Å². The first-order valence-electron chi connectivity index (χ1n) is 10.7. The van der Waals surface area contributed by atoms with Crippen LogP contribution in [0, 0.1) is 5.92 Å². The monoisotopic (exact) mass is 434 g/mol. The van der Waals surface area contributed by atoms with Gasteiger partial charge in [-0.1, -0.05) is 0 Å². The zero-order chi connectivity index (χ0) is 22.2. The third-order valence-electron chi connectivity index (χ3n) is 6.26. The van der Waals surface area contributed by atoms with Gasteiger partial charge in [0.05, 0.1) is 29.7 Å². The van der Waals surface area contributed by atoms with E-state index in [2.05, 4.69) is 25.6 Å². The molecule has 4 N–H and O–H groups in total. The summed E-state index contributed by atoms with van der Waals surface area (Å²) in [5.41, 5.74) is 1.56. The molecule has 3 aromatic heterocycles. The zero-order valence-electron chi connectivity index (χ0n) is 17.9. The molecule has 3 heterocycles. The molecule has 0 aliphatic heterocycles. The Kier molecular flexibility index (Phi) is 5.28. The van der Waals surface area contributed by atoms with Crippen LogP contribution in [0.15, 0.2) is 48.9 Å². The van der Waals surface area contributed by atoms with Crippen molar-refractivity contribution in [1.29, 1.82) is 0 Å². The molecule has 4 aromatic rings. The molecule has 1 aliphatic rings. The number of aliphatic hydroxyl groups is 2. The summed E-state index contributed by atoms with van der Waals surface area (Å²) in [6, 6.07) is 11.3. The van der Waals surface area contributed by atoms with Crippen LogP contribution >= 0.6 is 0 Å². The highest BCUT2D eigenvalue weighted by Gasteiger charge is 2.43. The second-order valence-corrected chi connectivity index (χ2v) is 8.09. The molecule has 166 valence electrons. The van der Waals surface area contributed by atoms with Crippen LogP contribution in [0.4, 0.5) is 11.6 Å². The molecule has 5 rings (SSSR count). The van der Waals surface area contributed by atoms with E-state index < -0.39 is 12.2 Å². The van der Waals surface area contributed by atoms with E-state index in [1.165, 1.54) is 6.33 Å². The third kappa shape index (κ3) is 3.49. The number of aliphatic hydroxyl groups excluding tert-OH is 2. The van der Waals surface area contributed by atoms with Crippen LogP contribution in [0.25, 0.3) is 21.9 Å². The summed E-state index contributed by atoms with van der Waals surface area (Å²) < 4.78 is 7.93. The third-order valence-corrected chi connectivity index (χ3v) is 6.26. The van der Waals surface area contributed by atoms with Gasteiger partial charge in [-0.3, -0.25) is 0 Å². The summed E-state index contributed by atoms with van der Waals surface area (Å²) in [5.74, 6) is 1.98. The Bertz CT molecular complexity index is 1260. The number of nitrogens with zero attached hydrogens (tertiary/aromatic N) is 4. The van der Waals surface area contributed by atoms with Crippen LogP contribution in [0.3, 0.4) is 0 Å². The summed E-state index contributed by atoms with van der Waals surface area (Å²) in [5, 5.41) is 29.5. The Labute approximate surface area is 185 Å². The number of benzene rings is 1. The standard InChI is InChI=1S/C23H26N6O3/c1-24-19-6-4-13-3-5-15(10-17(13)28-19)32-11-14-9-18(21(31)20(14)30)29-8-7-16-22(25-2)26-12-27-23(16)29/h3-8,10,12,14,18,20-21,30-31H,9,11H2,1-2H3,(H,24,28)(H,25,26,27)/t14-,18?,20-,21+/m1/s1. The van der Waals surface area contributed by atoms with Crippen molar-refractivity contribution >= 4 is 33.6 Å². The molecule has 1 aromatic carbocycles. The van der Waals surface area contributed by atoms with E-state index in [1.54, 1.807) is 0 Å². The van der Waals surface area contributed by atoms with Crippen LogP contribution in [0.5, 0.6) is 5.75 Å². The predicted octanol–water partition coefficient (Wildman–Crippen LogP) is 2.42. The van der Waals surface area contributed by atoms with Gasteiger partial charge in [0.25, 0.3) is 0 Å². The molecule has 1 fully saturated rings. The lowest BCUT2D eigenvalue weighted by Gasteiger charge is -2.19. The molecule has 0 amide bonds. The van der Waals surface area contributed by atoms with Crippen molar-refractivity contribution < 1.29 is 14.9 Å². The molecular formula is C23H26N6O3. The molecule has 9 nitrogen and oxygen atoms in total. The number of hydrogen-bond acceptors (Lipinski definition) is 8. The first-order chi connectivity index (χ1) is 15.6. The highest BCUT2D eigenvalue weighted by atomic mass is 16.5. The molecular weight excluding hydrogens is 408 g/mol. The van der Waals surface area contributed by atoms with Crippen molar-refractivity contribution in [2.75, 3.05) is 31.3 Å². The smallest absolute Gasteiger partial charge is 0.145 e. The highest BCUT2D eigenvalue weighted by molar-refractivity contribution is 5.87. The topological polar surface area (TPSA) is 117 Å². The molecule has 1 saturated carbocycles. The van der Waals surface area contributed by atoms with Crippen molar-refractivity contribution in [3.8, 4) is 5.75 Å². The number of pyridine rings is 1. The van der Waals surface area contributed by atoms with Gasteiger partial charge in [0, 0.05) is 37.7 Å². The van der Waals surface area contributed by atoms with Gasteiger partial charge < -0.3 is 30.2 Å². The fourth-order valence-electron chi connectivity index (χ4n) is 4.51. The lowest BCUT2D eigenvalue weighted by atomic mass is 10.1. The minimum Gasteiger partial charge on any atom is -0.493 e. The fraction of sp³-hybridized carbons (Fsp3) is 0.348. The van der Waals surface area contributed by atoms with Crippen LogP contribution < -0.4 is 15.4 Å². The number of ether oxygens (including phenoxy) is 1. The minimum atomic E-state index is -0.913. The molecule has 0 bridgehead atoms. The Morgan fingerprint density at radius 3 is 2.72 bits per heavy atom. The maximum absolute atomic E-state index is 10.8. The molecule has 4 atom stereocenters. The molecule has 32 heavy (non-hydrogen) atoms. The van der Waals surface area contributed by atoms with E-state index in [0.717, 1.165) is 33.6 Å². The number of aromatic nitrogens is 4. The van der Waals surface area contributed by atoms with E-state index in [1.807, 2.05) is 61.3 Å². The number of hydrogen-bond donors (Lipinski definition) is 4. The maximum atomic E-state index is 10.8. The summed E-state index contributed by atoms with van der Waals surface area (Å²) >= 11 is 0. The number of nitrogens with one attached hydrogen (secondary N) is 2. The average Bonchev–Trinajstić information content (AvgIpc) is 3.38. The van der Waals surface area contributed by atoms with Crippen molar-refractivity contribution in [2.45, 2.75) is 24.7 Å². The molecule has 0 saturated heterocycles. The Balaban J connectivity index is 1.33. The molecule has 0 radical (unpaired) electrons. The van der Waals surface area contributed by atoms with Crippen LogP contribution in [0.1, 0.15) is 12.5 Å². The minimum absolute atomic E-state index is 0.217. The summed E-state index contributed by atoms with van der Waals surface area (Å²) in [4.78, 5) is 13.2. The lowest BCUT2D eigenvalue weighted by molar-refractivity contribution is -0.00141.